The minimum Gasteiger partial charge on any atom is -0.494 e. The van der Waals surface area contributed by atoms with Gasteiger partial charge in [0.15, 0.2) is 0 Å². The monoisotopic (exact) mass is 244 g/mol. The second-order valence-corrected chi connectivity index (χ2v) is 4.27. The third-order valence-corrected chi connectivity index (χ3v) is 2.97. The minimum atomic E-state index is 0.663. The highest BCUT2D eigenvalue weighted by Gasteiger charge is 2.11. The van der Waals surface area contributed by atoms with E-state index in [1.54, 1.807) is 0 Å². The van der Waals surface area contributed by atoms with Gasteiger partial charge in [-0.25, -0.2) is 4.98 Å². The first-order valence-electron chi connectivity index (χ1n) is 6.27. The molecule has 4 nitrogen and oxygen atoms in total. The van der Waals surface area contributed by atoms with E-state index < -0.39 is 0 Å². The van der Waals surface area contributed by atoms with Crippen LogP contribution in [0.2, 0.25) is 0 Å². The van der Waals surface area contributed by atoms with Crippen LogP contribution in [0.15, 0.2) is 24.3 Å². The molecular formula is C14H16N2O2. The summed E-state index contributed by atoms with van der Waals surface area (Å²) in [5.41, 5.74) is 2.03. The predicted octanol–water partition coefficient (Wildman–Crippen LogP) is 2.12. The number of fused-ring (bicyclic) bond motifs is 2. The second-order valence-electron chi connectivity index (χ2n) is 4.27. The van der Waals surface area contributed by atoms with Gasteiger partial charge in [-0.1, -0.05) is 0 Å². The van der Waals surface area contributed by atoms with Crippen LogP contribution < -0.4 is 14.8 Å². The smallest absolute Gasteiger partial charge is 0.218 e. The summed E-state index contributed by atoms with van der Waals surface area (Å²) in [7, 11) is 0. The van der Waals surface area contributed by atoms with E-state index in [0.29, 0.717) is 13.2 Å². The SMILES string of the molecule is CCOc1ccc2cc3c(nc2c1)OCCNC3. The summed E-state index contributed by atoms with van der Waals surface area (Å²) in [6, 6.07) is 8.11. The van der Waals surface area contributed by atoms with Gasteiger partial charge >= 0.3 is 0 Å². The molecule has 0 saturated carbocycles. The van der Waals surface area contributed by atoms with Crippen molar-refractivity contribution in [3.63, 3.8) is 0 Å². The first-order valence-corrected chi connectivity index (χ1v) is 6.27. The Morgan fingerprint density at radius 2 is 2.33 bits per heavy atom. The summed E-state index contributed by atoms with van der Waals surface area (Å²) in [4.78, 5) is 4.58. The highest BCUT2D eigenvalue weighted by atomic mass is 16.5. The van der Waals surface area contributed by atoms with Crippen molar-refractivity contribution in [1.82, 2.24) is 10.3 Å². The Balaban J connectivity index is 2.07. The molecular weight excluding hydrogens is 228 g/mol. The molecule has 3 rings (SSSR count). The molecule has 1 aromatic carbocycles. The van der Waals surface area contributed by atoms with Gasteiger partial charge in [-0.3, -0.25) is 0 Å². The standard InChI is InChI=1S/C14H16N2O2/c1-2-17-12-4-3-10-7-11-9-15-5-6-18-14(11)16-13(10)8-12/h3-4,7-8,15H,2,5-6,9H2,1H3. The van der Waals surface area contributed by atoms with Crippen LogP contribution in [-0.2, 0) is 6.54 Å². The maximum atomic E-state index is 5.64. The van der Waals surface area contributed by atoms with Crippen LogP contribution >= 0.6 is 0 Å². The third-order valence-electron chi connectivity index (χ3n) is 2.97. The highest BCUT2D eigenvalue weighted by Crippen LogP contribution is 2.26. The van der Waals surface area contributed by atoms with E-state index >= 15 is 0 Å². The zero-order valence-corrected chi connectivity index (χ0v) is 10.4. The summed E-state index contributed by atoms with van der Waals surface area (Å²) in [5, 5.41) is 4.43. The van der Waals surface area contributed by atoms with Gasteiger partial charge in [-0.05, 0) is 25.1 Å². The number of pyridine rings is 1. The molecule has 1 aliphatic heterocycles. The number of rotatable bonds is 2. The Morgan fingerprint density at radius 1 is 1.39 bits per heavy atom. The number of ether oxygens (including phenoxy) is 2. The molecule has 0 radical (unpaired) electrons. The number of aromatic nitrogens is 1. The van der Waals surface area contributed by atoms with Crippen molar-refractivity contribution in [3.8, 4) is 11.6 Å². The number of hydrogen-bond donors (Lipinski definition) is 1. The Bertz CT molecular complexity index is 569. The van der Waals surface area contributed by atoms with Gasteiger partial charge in [0.2, 0.25) is 5.88 Å². The lowest BCUT2D eigenvalue weighted by Gasteiger charge is -2.09. The molecule has 94 valence electrons. The van der Waals surface area contributed by atoms with Gasteiger partial charge in [0.05, 0.1) is 12.1 Å². The van der Waals surface area contributed by atoms with Gasteiger partial charge in [0.1, 0.15) is 12.4 Å². The Kier molecular flexibility index (Phi) is 3.02. The van der Waals surface area contributed by atoms with Gasteiger partial charge < -0.3 is 14.8 Å². The first kappa shape index (κ1) is 11.3. The molecule has 2 heterocycles. The summed E-state index contributed by atoms with van der Waals surface area (Å²) < 4.78 is 11.1. The molecule has 1 aromatic heterocycles. The quantitative estimate of drug-likeness (QED) is 0.878. The molecule has 4 heteroatoms. The molecule has 1 aliphatic rings. The predicted molar refractivity (Wildman–Crippen MR) is 70.1 cm³/mol. The van der Waals surface area contributed by atoms with Crippen molar-refractivity contribution in [2.75, 3.05) is 19.8 Å². The Morgan fingerprint density at radius 3 is 3.22 bits per heavy atom. The van der Waals surface area contributed by atoms with Crippen molar-refractivity contribution in [1.29, 1.82) is 0 Å². The summed E-state index contributed by atoms with van der Waals surface area (Å²) in [5.74, 6) is 1.59. The Labute approximate surface area is 106 Å². The van der Waals surface area contributed by atoms with E-state index in [0.717, 1.165) is 41.2 Å². The zero-order chi connectivity index (χ0) is 12.4. The molecule has 1 N–H and O–H groups in total. The fourth-order valence-corrected chi connectivity index (χ4v) is 2.12. The molecule has 0 amide bonds. The molecule has 0 fully saturated rings. The van der Waals surface area contributed by atoms with E-state index in [-0.39, 0.29) is 0 Å². The van der Waals surface area contributed by atoms with Crippen LogP contribution in [0.1, 0.15) is 12.5 Å². The maximum Gasteiger partial charge on any atom is 0.218 e. The molecule has 0 spiro atoms. The summed E-state index contributed by atoms with van der Waals surface area (Å²) >= 11 is 0. The number of benzene rings is 1. The minimum absolute atomic E-state index is 0.663. The van der Waals surface area contributed by atoms with Crippen LogP contribution in [-0.4, -0.2) is 24.7 Å². The van der Waals surface area contributed by atoms with Crippen molar-refractivity contribution >= 4 is 10.9 Å². The van der Waals surface area contributed by atoms with Crippen molar-refractivity contribution in [3.05, 3.63) is 29.8 Å². The molecule has 0 saturated heterocycles. The lowest BCUT2D eigenvalue weighted by atomic mass is 10.1. The Hall–Kier alpha value is -1.81. The molecule has 0 atom stereocenters. The van der Waals surface area contributed by atoms with Gasteiger partial charge in [-0.2, -0.15) is 0 Å². The second kappa shape index (κ2) is 4.82. The van der Waals surface area contributed by atoms with Gasteiger partial charge in [0, 0.05) is 30.1 Å². The van der Waals surface area contributed by atoms with Crippen LogP contribution in [0.3, 0.4) is 0 Å². The molecule has 18 heavy (non-hydrogen) atoms. The normalized spacial score (nSPS) is 14.7. The zero-order valence-electron chi connectivity index (χ0n) is 10.4. The third kappa shape index (κ3) is 2.11. The summed E-state index contributed by atoms with van der Waals surface area (Å²) in [6.07, 6.45) is 0. The van der Waals surface area contributed by atoms with E-state index in [4.69, 9.17) is 9.47 Å². The highest BCUT2D eigenvalue weighted by molar-refractivity contribution is 5.81. The average molecular weight is 244 g/mol. The molecule has 2 aromatic rings. The van der Waals surface area contributed by atoms with Crippen LogP contribution in [0.4, 0.5) is 0 Å². The van der Waals surface area contributed by atoms with Gasteiger partial charge in [-0.15, -0.1) is 0 Å². The van der Waals surface area contributed by atoms with Crippen LogP contribution in [0.25, 0.3) is 10.9 Å². The molecule has 0 aliphatic carbocycles. The lowest BCUT2D eigenvalue weighted by Crippen LogP contribution is -2.16. The van der Waals surface area contributed by atoms with E-state index in [1.807, 2.05) is 25.1 Å². The lowest BCUT2D eigenvalue weighted by molar-refractivity contribution is 0.315. The van der Waals surface area contributed by atoms with Crippen LogP contribution in [0.5, 0.6) is 11.6 Å². The van der Waals surface area contributed by atoms with Crippen molar-refractivity contribution < 1.29 is 9.47 Å². The van der Waals surface area contributed by atoms with E-state index in [9.17, 15) is 0 Å². The van der Waals surface area contributed by atoms with Gasteiger partial charge in [0.25, 0.3) is 0 Å². The van der Waals surface area contributed by atoms with Crippen molar-refractivity contribution in [2.45, 2.75) is 13.5 Å². The first-order chi connectivity index (χ1) is 8.86. The van der Waals surface area contributed by atoms with Crippen LogP contribution in [0, 0.1) is 0 Å². The average Bonchev–Trinajstić information content (AvgIpc) is 2.61. The number of hydrogen-bond acceptors (Lipinski definition) is 4. The van der Waals surface area contributed by atoms with E-state index in [2.05, 4.69) is 16.4 Å². The number of nitrogens with zero attached hydrogens (tertiary/aromatic N) is 1. The number of nitrogens with one attached hydrogen (secondary N) is 1. The van der Waals surface area contributed by atoms with Crippen molar-refractivity contribution in [2.24, 2.45) is 0 Å². The molecule has 0 unspecified atom stereocenters. The molecule has 0 bridgehead atoms. The fraction of sp³-hybridized carbons (Fsp3) is 0.357. The largest absolute Gasteiger partial charge is 0.494 e. The van der Waals surface area contributed by atoms with E-state index in [1.165, 1.54) is 0 Å². The maximum absolute atomic E-state index is 5.64. The fourth-order valence-electron chi connectivity index (χ4n) is 2.12. The summed E-state index contributed by atoms with van der Waals surface area (Å²) in [6.45, 7) is 4.97. The topological polar surface area (TPSA) is 43.4 Å².